The Morgan fingerprint density at radius 3 is 2.58 bits per heavy atom. The van der Waals surface area contributed by atoms with Crippen LogP contribution in [0.25, 0.3) is 0 Å². The van der Waals surface area contributed by atoms with Gasteiger partial charge in [0.25, 0.3) is 5.91 Å². The highest BCUT2D eigenvalue weighted by Crippen LogP contribution is 2.25. The number of pyridine rings is 1. The summed E-state index contributed by atoms with van der Waals surface area (Å²) in [7, 11) is 0. The fraction of sp³-hybridized carbons (Fsp3) is 0.167. The van der Waals surface area contributed by atoms with Crippen LogP contribution in [-0.4, -0.2) is 22.0 Å². The van der Waals surface area contributed by atoms with Crippen molar-refractivity contribution in [2.75, 3.05) is 5.32 Å². The maximum Gasteiger partial charge on any atom is 0.257 e. The van der Waals surface area contributed by atoms with Crippen LogP contribution in [0.3, 0.4) is 0 Å². The fourth-order valence-corrected chi connectivity index (χ4v) is 2.57. The molecule has 1 aromatic carbocycles. The van der Waals surface area contributed by atoms with Crippen LogP contribution in [-0.2, 0) is 0 Å². The van der Waals surface area contributed by atoms with Crippen molar-refractivity contribution in [3.63, 3.8) is 0 Å². The first-order chi connectivity index (χ1) is 12.5. The van der Waals surface area contributed by atoms with Crippen molar-refractivity contribution in [1.29, 1.82) is 0 Å². The first kappa shape index (κ1) is 17.8. The number of carbonyl (C=O) groups excluding carboxylic acids is 1. The molecule has 0 bridgehead atoms. The smallest absolute Gasteiger partial charge is 0.257 e. The number of nitrogens with one attached hydrogen (secondary N) is 1. The van der Waals surface area contributed by atoms with Crippen molar-refractivity contribution in [2.45, 2.75) is 20.0 Å². The minimum absolute atomic E-state index is 0.126. The second-order valence-electron chi connectivity index (χ2n) is 5.55. The van der Waals surface area contributed by atoms with Crippen molar-refractivity contribution in [3.05, 3.63) is 59.4 Å². The molecule has 0 saturated heterocycles. The monoisotopic (exact) mass is 373 g/mol. The van der Waals surface area contributed by atoms with Crippen LogP contribution in [0.4, 0.5) is 9.52 Å². The highest BCUT2D eigenvalue weighted by molar-refractivity contribution is 7.13. The van der Waals surface area contributed by atoms with Gasteiger partial charge in [0.05, 0.1) is 11.7 Å². The standard InChI is InChI=1S/C18H16FN3O3S/c1-11(2)24-15-9-12(17(23)22-18-20-7-8-26-18)10-16(21-15)25-14-5-3-13(19)4-6-14/h3-11H,1-2H3,(H,20,22,23). The summed E-state index contributed by atoms with van der Waals surface area (Å²) in [6.07, 6.45) is 1.47. The molecule has 0 spiro atoms. The van der Waals surface area contributed by atoms with E-state index in [4.69, 9.17) is 9.47 Å². The highest BCUT2D eigenvalue weighted by Gasteiger charge is 2.14. The molecule has 6 nitrogen and oxygen atoms in total. The van der Waals surface area contributed by atoms with Gasteiger partial charge < -0.3 is 9.47 Å². The lowest BCUT2D eigenvalue weighted by Crippen LogP contribution is -2.14. The highest BCUT2D eigenvalue weighted by atomic mass is 32.1. The van der Waals surface area contributed by atoms with Crippen LogP contribution in [0.2, 0.25) is 0 Å². The molecule has 0 atom stereocenters. The summed E-state index contributed by atoms with van der Waals surface area (Å²) < 4.78 is 24.3. The van der Waals surface area contributed by atoms with E-state index in [9.17, 15) is 9.18 Å². The normalized spacial score (nSPS) is 10.6. The molecule has 0 aliphatic rings. The van der Waals surface area contributed by atoms with E-state index in [0.29, 0.717) is 16.4 Å². The number of ether oxygens (including phenoxy) is 2. The van der Waals surface area contributed by atoms with Gasteiger partial charge in [-0.25, -0.2) is 9.37 Å². The Balaban J connectivity index is 1.87. The molecule has 3 rings (SSSR count). The van der Waals surface area contributed by atoms with Crippen molar-refractivity contribution in [2.24, 2.45) is 0 Å². The zero-order valence-corrected chi connectivity index (χ0v) is 14.9. The largest absolute Gasteiger partial charge is 0.475 e. The van der Waals surface area contributed by atoms with E-state index in [1.807, 2.05) is 13.8 Å². The van der Waals surface area contributed by atoms with Crippen LogP contribution >= 0.6 is 11.3 Å². The van der Waals surface area contributed by atoms with E-state index >= 15 is 0 Å². The van der Waals surface area contributed by atoms with Gasteiger partial charge in [-0.1, -0.05) is 0 Å². The van der Waals surface area contributed by atoms with Gasteiger partial charge in [0.2, 0.25) is 11.8 Å². The molecule has 0 unspecified atom stereocenters. The molecule has 1 N–H and O–H groups in total. The molecule has 0 saturated carbocycles. The van der Waals surface area contributed by atoms with E-state index in [-0.39, 0.29) is 29.6 Å². The lowest BCUT2D eigenvalue weighted by molar-refractivity contribution is 0.102. The van der Waals surface area contributed by atoms with Gasteiger partial charge >= 0.3 is 0 Å². The fourth-order valence-electron chi connectivity index (χ4n) is 2.04. The predicted octanol–water partition coefficient (Wildman–Crippen LogP) is 4.51. The van der Waals surface area contributed by atoms with Crippen LogP contribution < -0.4 is 14.8 Å². The number of hydrogen-bond acceptors (Lipinski definition) is 6. The quantitative estimate of drug-likeness (QED) is 0.688. The van der Waals surface area contributed by atoms with Crippen LogP contribution in [0.15, 0.2) is 48.0 Å². The summed E-state index contributed by atoms with van der Waals surface area (Å²) in [4.78, 5) is 20.7. The van der Waals surface area contributed by atoms with Crippen molar-refractivity contribution in [3.8, 4) is 17.5 Å². The van der Waals surface area contributed by atoms with E-state index in [1.165, 1.54) is 47.7 Å². The second-order valence-corrected chi connectivity index (χ2v) is 6.44. The first-order valence-corrected chi connectivity index (χ1v) is 8.70. The molecule has 0 aliphatic heterocycles. The molecular formula is C18H16FN3O3S. The van der Waals surface area contributed by atoms with Crippen molar-refractivity contribution < 1.29 is 18.7 Å². The van der Waals surface area contributed by atoms with Crippen LogP contribution in [0.5, 0.6) is 17.5 Å². The Bertz CT molecular complexity index is 883. The number of nitrogens with zero attached hydrogens (tertiary/aromatic N) is 2. The summed E-state index contributed by atoms with van der Waals surface area (Å²) in [6.45, 7) is 3.70. The number of halogens is 1. The van der Waals surface area contributed by atoms with Crippen LogP contribution in [0.1, 0.15) is 24.2 Å². The first-order valence-electron chi connectivity index (χ1n) is 7.82. The third-order valence-corrected chi connectivity index (χ3v) is 3.77. The van der Waals surface area contributed by atoms with E-state index in [0.717, 1.165) is 0 Å². The van der Waals surface area contributed by atoms with Gasteiger partial charge in [-0.2, -0.15) is 4.98 Å². The average molecular weight is 373 g/mol. The third kappa shape index (κ3) is 4.76. The van der Waals surface area contributed by atoms with E-state index in [2.05, 4.69) is 15.3 Å². The van der Waals surface area contributed by atoms with Gasteiger partial charge in [0.1, 0.15) is 11.6 Å². The molecule has 26 heavy (non-hydrogen) atoms. The van der Waals surface area contributed by atoms with Crippen molar-refractivity contribution >= 4 is 22.4 Å². The maximum atomic E-state index is 13.0. The maximum absolute atomic E-state index is 13.0. The molecule has 3 aromatic rings. The van der Waals surface area contributed by atoms with E-state index < -0.39 is 0 Å². The Labute approximate surface area is 153 Å². The molecule has 0 aliphatic carbocycles. The number of amides is 1. The Morgan fingerprint density at radius 1 is 1.19 bits per heavy atom. The lowest BCUT2D eigenvalue weighted by Gasteiger charge is -2.12. The SMILES string of the molecule is CC(C)Oc1cc(C(=O)Nc2nccs2)cc(Oc2ccc(F)cc2)n1. The van der Waals surface area contributed by atoms with Gasteiger partial charge in [0, 0.05) is 23.7 Å². The summed E-state index contributed by atoms with van der Waals surface area (Å²) in [5.74, 6) is 0.0838. The number of rotatable bonds is 6. The number of thiazole rings is 1. The Hall–Kier alpha value is -3.00. The van der Waals surface area contributed by atoms with E-state index in [1.54, 1.807) is 11.6 Å². The van der Waals surface area contributed by atoms with Gasteiger partial charge in [-0.05, 0) is 38.1 Å². The number of carbonyl (C=O) groups is 1. The minimum atomic E-state index is -0.370. The molecular weight excluding hydrogens is 357 g/mol. The van der Waals surface area contributed by atoms with Crippen LogP contribution in [0, 0.1) is 5.82 Å². The molecule has 134 valence electrons. The third-order valence-electron chi connectivity index (χ3n) is 3.09. The zero-order chi connectivity index (χ0) is 18.5. The molecule has 8 heteroatoms. The topological polar surface area (TPSA) is 73.3 Å². The number of anilines is 1. The van der Waals surface area contributed by atoms with Gasteiger partial charge in [0.15, 0.2) is 5.13 Å². The summed E-state index contributed by atoms with van der Waals surface area (Å²) in [5, 5.41) is 4.95. The van der Waals surface area contributed by atoms with Crippen molar-refractivity contribution in [1.82, 2.24) is 9.97 Å². The Kier molecular flexibility index (Phi) is 5.43. The second kappa shape index (κ2) is 7.92. The predicted molar refractivity (Wildman–Crippen MR) is 96.5 cm³/mol. The number of benzene rings is 1. The molecule has 2 heterocycles. The summed E-state index contributed by atoms with van der Waals surface area (Å²) in [5.41, 5.74) is 0.308. The van der Waals surface area contributed by atoms with Gasteiger partial charge in [-0.15, -0.1) is 11.3 Å². The summed E-state index contributed by atoms with van der Waals surface area (Å²) >= 11 is 1.31. The minimum Gasteiger partial charge on any atom is -0.475 e. The van der Waals surface area contributed by atoms with Gasteiger partial charge in [-0.3, -0.25) is 10.1 Å². The number of aromatic nitrogens is 2. The molecule has 0 fully saturated rings. The Morgan fingerprint density at radius 2 is 1.92 bits per heavy atom. The lowest BCUT2D eigenvalue weighted by atomic mass is 10.2. The number of hydrogen-bond donors (Lipinski definition) is 1. The summed E-state index contributed by atoms with van der Waals surface area (Å²) in [6, 6.07) is 8.52. The molecule has 1 amide bonds. The zero-order valence-electron chi connectivity index (χ0n) is 14.1. The molecule has 0 radical (unpaired) electrons. The molecule has 2 aromatic heterocycles. The average Bonchev–Trinajstić information content (AvgIpc) is 3.09.